The molecule has 0 bridgehead atoms. The lowest BCUT2D eigenvalue weighted by atomic mass is 10.1. The number of rotatable bonds is 7. The van der Waals surface area contributed by atoms with E-state index in [-0.39, 0.29) is 18.0 Å². The van der Waals surface area contributed by atoms with Gasteiger partial charge in [-0.3, -0.25) is 0 Å². The Hall–Kier alpha value is -2.54. The Kier molecular flexibility index (Phi) is 5.55. The Morgan fingerprint density at radius 3 is 2.84 bits per heavy atom. The molecule has 1 aliphatic carbocycles. The number of nitrogen functional groups attached to an aromatic ring is 1. The summed E-state index contributed by atoms with van der Waals surface area (Å²) in [5.41, 5.74) is 7.36. The molecule has 7 heteroatoms. The molecule has 2 atom stereocenters. The zero-order chi connectivity index (χ0) is 17.6. The van der Waals surface area contributed by atoms with Crippen LogP contribution in [0.2, 0.25) is 0 Å². The molecule has 3 rings (SSSR count). The molecule has 2 aromatic rings. The fraction of sp³-hybridized carbons (Fsp3) is 0.389. The van der Waals surface area contributed by atoms with Crippen LogP contribution in [0.5, 0.6) is 0 Å². The van der Waals surface area contributed by atoms with E-state index in [9.17, 15) is 4.39 Å². The molecule has 1 aliphatic rings. The first-order valence-corrected chi connectivity index (χ1v) is 8.39. The van der Waals surface area contributed by atoms with Gasteiger partial charge in [0.05, 0.1) is 18.3 Å². The number of hydrogen-bond donors (Lipinski definition) is 3. The summed E-state index contributed by atoms with van der Waals surface area (Å²) in [5, 5.41) is 10.8. The number of anilines is 2. The van der Waals surface area contributed by atoms with Crippen molar-refractivity contribution in [3.8, 4) is 0 Å². The zero-order valence-corrected chi connectivity index (χ0v) is 13.9. The first-order valence-electron chi connectivity index (χ1n) is 8.39. The van der Waals surface area contributed by atoms with Crippen molar-refractivity contribution < 1.29 is 9.13 Å². The van der Waals surface area contributed by atoms with Crippen molar-refractivity contribution in [3.63, 3.8) is 0 Å². The van der Waals surface area contributed by atoms with Crippen LogP contribution in [0.4, 0.5) is 16.0 Å². The van der Waals surface area contributed by atoms with Crippen LogP contribution in [0.1, 0.15) is 30.4 Å². The van der Waals surface area contributed by atoms with Crippen LogP contribution in [-0.4, -0.2) is 34.9 Å². The highest BCUT2D eigenvalue weighted by Crippen LogP contribution is 2.26. The average Bonchev–Trinajstić information content (AvgIpc) is 3.04. The Morgan fingerprint density at radius 1 is 1.28 bits per heavy atom. The normalized spacial score (nSPS) is 19.7. The lowest BCUT2D eigenvalue weighted by Crippen LogP contribution is -2.20. The van der Waals surface area contributed by atoms with Gasteiger partial charge in [0.1, 0.15) is 23.8 Å². The molecule has 0 aliphatic heterocycles. The van der Waals surface area contributed by atoms with Gasteiger partial charge in [0.15, 0.2) is 0 Å². The molecule has 0 saturated heterocycles. The third-order valence-electron chi connectivity index (χ3n) is 4.44. The minimum atomic E-state index is -0.218. The average molecular weight is 343 g/mol. The maximum absolute atomic E-state index is 12.9. The van der Waals surface area contributed by atoms with Gasteiger partial charge in [0, 0.05) is 12.3 Å². The van der Waals surface area contributed by atoms with E-state index < -0.39 is 0 Å². The van der Waals surface area contributed by atoms with Gasteiger partial charge in [0.25, 0.3) is 0 Å². The summed E-state index contributed by atoms with van der Waals surface area (Å²) in [6.45, 7) is 0.620. The monoisotopic (exact) mass is 343 g/mol. The van der Waals surface area contributed by atoms with Crippen LogP contribution in [0.15, 0.2) is 30.6 Å². The van der Waals surface area contributed by atoms with Crippen molar-refractivity contribution in [1.29, 1.82) is 5.41 Å². The molecule has 0 spiro atoms. The summed E-state index contributed by atoms with van der Waals surface area (Å²) >= 11 is 0. The van der Waals surface area contributed by atoms with E-state index in [4.69, 9.17) is 15.9 Å². The smallest absolute Gasteiger partial charge is 0.140 e. The van der Waals surface area contributed by atoms with Gasteiger partial charge in [-0.15, -0.1) is 0 Å². The van der Waals surface area contributed by atoms with Gasteiger partial charge < -0.3 is 21.2 Å². The van der Waals surface area contributed by atoms with Gasteiger partial charge in [-0.2, -0.15) is 0 Å². The minimum absolute atomic E-state index is 0.195. The van der Waals surface area contributed by atoms with Crippen LogP contribution in [0.25, 0.3) is 0 Å². The number of nitrogens with two attached hydrogens (primary N) is 1. The van der Waals surface area contributed by atoms with Gasteiger partial charge in [0.2, 0.25) is 0 Å². The number of benzene rings is 1. The Balaban J connectivity index is 1.46. The van der Waals surface area contributed by atoms with Crippen LogP contribution >= 0.6 is 0 Å². The van der Waals surface area contributed by atoms with Crippen molar-refractivity contribution in [1.82, 2.24) is 9.97 Å². The highest BCUT2D eigenvalue weighted by atomic mass is 19.1. The SMILES string of the molecule is N=Cc1c(N)ncnc1N[C@H]1CC[C@H](OCCc2ccc(F)cc2)C1. The lowest BCUT2D eigenvalue weighted by Gasteiger charge is -2.16. The molecule has 0 amide bonds. The number of nitrogens with zero attached hydrogens (tertiary/aromatic N) is 2. The first kappa shape index (κ1) is 17.3. The van der Waals surface area contributed by atoms with Crippen molar-refractivity contribution in [3.05, 3.63) is 47.5 Å². The minimum Gasteiger partial charge on any atom is -0.383 e. The third kappa shape index (κ3) is 4.51. The summed E-state index contributed by atoms with van der Waals surface area (Å²) in [7, 11) is 0. The van der Waals surface area contributed by atoms with Crippen molar-refractivity contribution in [2.45, 2.75) is 37.8 Å². The summed E-state index contributed by atoms with van der Waals surface area (Å²) in [5.74, 6) is 0.682. The largest absolute Gasteiger partial charge is 0.383 e. The molecule has 1 fully saturated rings. The quantitative estimate of drug-likeness (QED) is 0.672. The summed E-state index contributed by atoms with van der Waals surface area (Å²) in [4.78, 5) is 8.09. The fourth-order valence-electron chi connectivity index (χ4n) is 3.08. The molecule has 0 radical (unpaired) electrons. The second kappa shape index (κ2) is 8.02. The fourth-order valence-corrected chi connectivity index (χ4v) is 3.08. The van der Waals surface area contributed by atoms with E-state index in [1.165, 1.54) is 24.7 Å². The third-order valence-corrected chi connectivity index (χ3v) is 4.44. The molecular weight excluding hydrogens is 321 g/mol. The maximum Gasteiger partial charge on any atom is 0.140 e. The van der Waals surface area contributed by atoms with E-state index in [1.54, 1.807) is 12.1 Å². The molecule has 132 valence electrons. The topological polar surface area (TPSA) is 96.9 Å². The molecule has 1 heterocycles. The van der Waals surface area contributed by atoms with Gasteiger partial charge in [-0.05, 0) is 43.4 Å². The molecule has 1 aromatic carbocycles. The van der Waals surface area contributed by atoms with E-state index in [0.29, 0.717) is 23.8 Å². The Morgan fingerprint density at radius 2 is 2.08 bits per heavy atom. The predicted molar refractivity (Wildman–Crippen MR) is 95.4 cm³/mol. The summed E-state index contributed by atoms with van der Waals surface area (Å²) in [6.07, 6.45) is 6.37. The molecule has 6 nitrogen and oxygen atoms in total. The number of aromatic nitrogens is 2. The summed E-state index contributed by atoms with van der Waals surface area (Å²) in [6, 6.07) is 6.76. The first-order chi connectivity index (χ1) is 12.2. The van der Waals surface area contributed by atoms with Gasteiger partial charge in [-0.25, -0.2) is 14.4 Å². The van der Waals surface area contributed by atoms with Gasteiger partial charge in [-0.1, -0.05) is 12.1 Å². The van der Waals surface area contributed by atoms with E-state index >= 15 is 0 Å². The number of hydrogen-bond acceptors (Lipinski definition) is 6. The number of nitrogens with one attached hydrogen (secondary N) is 2. The highest BCUT2D eigenvalue weighted by molar-refractivity contribution is 5.89. The van der Waals surface area contributed by atoms with E-state index in [1.807, 2.05) is 0 Å². The molecule has 25 heavy (non-hydrogen) atoms. The molecular formula is C18H22FN5O. The van der Waals surface area contributed by atoms with E-state index in [2.05, 4.69) is 15.3 Å². The second-order valence-electron chi connectivity index (χ2n) is 6.19. The zero-order valence-electron chi connectivity index (χ0n) is 13.9. The van der Waals surface area contributed by atoms with Crippen molar-refractivity contribution in [2.75, 3.05) is 17.7 Å². The highest BCUT2D eigenvalue weighted by Gasteiger charge is 2.26. The molecule has 0 unspecified atom stereocenters. The molecule has 1 aromatic heterocycles. The predicted octanol–water partition coefficient (Wildman–Crippen LogP) is 2.79. The Bertz CT molecular complexity index is 722. The van der Waals surface area contributed by atoms with E-state index in [0.717, 1.165) is 31.2 Å². The summed E-state index contributed by atoms with van der Waals surface area (Å²) < 4.78 is 18.8. The molecule has 1 saturated carbocycles. The maximum atomic E-state index is 12.9. The van der Waals surface area contributed by atoms with Crippen LogP contribution in [0.3, 0.4) is 0 Å². The van der Waals surface area contributed by atoms with Crippen molar-refractivity contribution >= 4 is 17.9 Å². The van der Waals surface area contributed by atoms with Crippen molar-refractivity contribution in [2.24, 2.45) is 0 Å². The van der Waals surface area contributed by atoms with Crippen LogP contribution in [0, 0.1) is 11.2 Å². The van der Waals surface area contributed by atoms with Crippen LogP contribution in [-0.2, 0) is 11.2 Å². The lowest BCUT2D eigenvalue weighted by molar-refractivity contribution is 0.0601. The van der Waals surface area contributed by atoms with Gasteiger partial charge >= 0.3 is 0 Å². The molecule has 4 N–H and O–H groups in total. The number of ether oxygens (including phenoxy) is 1. The second-order valence-corrected chi connectivity index (χ2v) is 6.19. The van der Waals surface area contributed by atoms with Crippen LogP contribution < -0.4 is 11.1 Å². The Labute approximate surface area is 146 Å². The number of halogens is 1. The standard InChI is InChI=1S/C18H22FN5O/c19-13-3-1-12(2-4-13)7-8-25-15-6-5-14(9-15)24-18-16(10-20)17(21)22-11-23-18/h1-4,10-11,14-15,20H,5-9H2,(H3,21,22,23,24)/t14-,15-/m0/s1.